The summed E-state index contributed by atoms with van der Waals surface area (Å²) < 4.78 is 0. The largest absolute Gasteiger partial charge is 0.318 e. The van der Waals surface area contributed by atoms with Gasteiger partial charge in [-0.2, -0.15) is 0 Å². The predicted octanol–water partition coefficient (Wildman–Crippen LogP) is 0.668. The lowest BCUT2D eigenvalue weighted by atomic mass is 9.89. The Morgan fingerprint density at radius 3 is 2.57 bits per heavy atom. The van der Waals surface area contributed by atoms with E-state index in [0.717, 1.165) is 19.1 Å². The van der Waals surface area contributed by atoms with Crippen LogP contribution in [-0.2, 0) is 0 Å². The third kappa shape index (κ3) is 3.23. The zero-order valence-electron chi connectivity index (χ0n) is 9.84. The van der Waals surface area contributed by atoms with Gasteiger partial charge < -0.3 is 15.5 Å². The minimum atomic E-state index is 0.700. The highest BCUT2D eigenvalue weighted by Gasteiger charge is 2.26. The van der Waals surface area contributed by atoms with Gasteiger partial charge in [0.2, 0.25) is 0 Å². The molecule has 0 aromatic rings. The average molecular weight is 199 g/mol. The Labute approximate surface area is 88.2 Å². The molecule has 0 radical (unpaired) electrons. The van der Waals surface area contributed by atoms with Gasteiger partial charge in [0.05, 0.1) is 0 Å². The molecule has 1 rings (SSSR count). The van der Waals surface area contributed by atoms with Crippen LogP contribution in [0.25, 0.3) is 0 Å². The standard InChI is InChI=1S/C11H25N3/c1-12-8-9-14(3)11-7-5-4-6-10(11)13-2/h10-13H,4-9H2,1-3H3/t10-,11-/m1/s1. The second kappa shape index (κ2) is 6.38. The zero-order valence-corrected chi connectivity index (χ0v) is 9.84. The van der Waals surface area contributed by atoms with Crippen molar-refractivity contribution < 1.29 is 0 Å². The molecule has 2 N–H and O–H groups in total. The summed E-state index contributed by atoms with van der Waals surface area (Å²) in [6.07, 6.45) is 5.48. The number of hydrogen-bond acceptors (Lipinski definition) is 3. The van der Waals surface area contributed by atoms with E-state index in [-0.39, 0.29) is 0 Å². The molecule has 1 fully saturated rings. The van der Waals surface area contributed by atoms with Gasteiger partial charge >= 0.3 is 0 Å². The number of hydrogen-bond donors (Lipinski definition) is 2. The van der Waals surface area contributed by atoms with Crippen molar-refractivity contribution in [3.8, 4) is 0 Å². The molecule has 0 aromatic carbocycles. The topological polar surface area (TPSA) is 27.3 Å². The van der Waals surface area contributed by atoms with E-state index in [1.165, 1.54) is 25.7 Å². The summed E-state index contributed by atoms with van der Waals surface area (Å²) in [7, 11) is 6.36. The molecule has 0 bridgehead atoms. The minimum absolute atomic E-state index is 0.700. The lowest BCUT2D eigenvalue weighted by molar-refractivity contribution is 0.155. The Kier molecular flexibility index (Phi) is 5.45. The molecule has 0 spiro atoms. The average Bonchev–Trinajstić information content (AvgIpc) is 2.25. The molecule has 3 heteroatoms. The highest BCUT2D eigenvalue weighted by atomic mass is 15.2. The summed E-state index contributed by atoms with van der Waals surface area (Å²) in [6.45, 7) is 2.24. The van der Waals surface area contributed by atoms with Crippen LogP contribution in [0.3, 0.4) is 0 Å². The van der Waals surface area contributed by atoms with Crippen molar-refractivity contribution in [2.24, 2.45) is 0 Å². The molecule has 0 aromatic heterocycles. The van der Waals surface area contributed by atoms with Crippen molar-refractivity contribution in [3.05, 3.63) is 0 Å². The molecular formula is C11H25N3. The van der Waals surface area contributed by atoms with Gasteiger partial charge in [-0.15, -0.1) is 0 Å². The molecule has 0 unspecified atom stereocenters. The maximum atomic E-state index is 3.45. The molecular weight excluding hydrogens is 174 g/mol. The first-order valence-corrected chi connectivity index (χ1v) is 5.81. The van der Waals surface area contributed by atoms with E-state index < -0.39 is 0 Å². The molecule has 1 aliphatic carbocycles. The van der Waals surface area contributed by atoms with Gasteiger partial charge in [0.1, 0.15) is 0 Å². The highest BCUT2D eigenvalue weighted by Crippen LogP contribution is 2.21. The van der Waals surface area contributed by atoms with Crippen LogP contribution in [0.4, 0.5) is 0 Å². The second-order valence-corrected chi connectivity index (χ2v) is 4.33. The Bertz CT molecular complexity index is 149. The van der Waals surface area contributed by atoms with Gasteiger partial charge in [-0.1, -0.05) is 12.8 Å². The van der Waals surface area contributed by atoms with Crippen LogP contribution in [0, 0.1) is 0 Å². The Morgan fingerprint density at radius 2 is 1.93 bits per heavy atom. The van der Waals surface area contributed by atoms with E-state index in [4.69, 9.17) is 0 Å². The van der Waals surface area contributed by atoms with E-state index in [1.54, 1.807) is 0 Å². The van der Waals surface area contributed by atoms with Crippen LogP contribution in [0.1, 0.15) is 25.7 Å². The van der Waals surface area contributed by atoms with Crippen LogP contribution >= 0.6 is 0 Å². The number of likely N-dealkylation sites (N-methyl/N-ethyl adjacent to an activating group) is 3. The van der Waals surface area contributed by atoms with E-state index in [1.807, 2.05) is 7.05 Å². The van der Waals surface area contributed by atoms with Crippen LogP contribution in [0.5, 0.6) is 0 Å². The first kappa shape index (κ1) is 12.0. The van der Waals surface area contributed by atoms with Gasteiger partial charge in [-0.05, 0) is 34.0 Å². The van der Waals surface area contributed by atoms with Crippen LogP contribution in [-0.4, -0.2) is 51.2 Å². The van der Waals surface area contributed by atoms with Crippen LogP contribution in [0.15, 0.2) is 0 Å². The molecule has 0 amide bonds. The van der Waals surface area contributed by atoms with Crippen LogP contribution in [0.2, 0.25) is 0 Å². The molecule has 2 atom stereocenters. The predicted molar refractivity (Wildman–Crippen MR) is 61.7 cm³/mol. The molecule has 14 heavy (non-hydrogen) atoms. The number of rotatable bonds is 5. The van der Waals surface area contributed by atoms with Gasteiger partial charge in [-0.3, -0.25) is 0 Å². The fraction of sp³-hybridized carbons (Fsp3) is 1.00. The van der Waals surface area contributed by atoms with Crippen molar-refractivity contribution in [3.63, 3.8) is 0 Å². The Balaban J connectivity index is 2.37. The summed E-state index contributed by atoms with van der Waals surface area (Å²) >= 11 is 0. The highest BCUT2D eigenvalue weighted by molar-refractivity contribution is 4.86. The number of nitrogens with zero attached hydrogens (tertiary/aromatic N) is 1. The van der Waals surface area contributed by atoms with Crippen molar-refractivity contribution >= 4 is 0 Å². The van der Waals surface area contributed by atoms with Crippen molar-refractivity contribution in [2.45, 2.75) is 37.8 Å². The van der Waals surface area contributed by atoms with E-state index in [9.17, 15) is 0 Å². The summed E-state index contributed by atoms with van der Waals surface area (Å²) in [5.74, 6) is 0. The lowest BCUT2D eigenvalue weighted by Crippen LogP contribution is -2.50. The molecule has 1 aliphatic rings. The fourth-order valence-electron chi connectivity index (χ4n) is 2.43. The molecule has 0 aliphatic heterocycles. The summed E-state index contributed by atoms with van der Waals surface area (Å²) in [5, 5.41) is 6.66. The quantitative estimate of drug-likeness (QED) is 0.681. The van der Waals surface area contributed by atoms with Gasteiger partial charge in [0.25, 0.3) is 0 Å². The van der Waals surface area contributed by atoms with Gasteiger partial charge in [0, 0.05) is 25.2 Å². The minimum Gasteiger partial charge on any atom is -0.318 e. The van der Waals surface area contributed by atoms with Crippen LogP contribution < -0.4 is 10.6 Å². The number of nitrogens with one attached hydrogen (secondary N) is 2. The van der Waals surface area contributed by atoms with E-state index in [0.29, 0.717) is 6.04 Å². The fourth-order valence-corrected chi connectivity index (χ4v) is 2.43. The molecule has 0 heterocycles. The second-order valence-electron chi connectivity index (χ2n) is 4.33. The molecule has 1 saturated carbocycles. The van der Waals surface area contributed by atoms with Crippen molar-refractivity contribution in [1.82, 2.24) is 15.5 Å². The Morgan fingerprint density at radius 1 is 1.21 bits per heavy atom. The lowest BCUT2D eigenvalue weighted by Gasteiger charge is -2.37. The molecule has 84 valence electrons. The monoisotopic (exact) mass is 199 g/mol. The smallest absolute Gasteiger partial charge is 0.0246 e. The van der Waals surface area contributed by atoms with Gasteiger partial charge in [0.15, 0.2) is 0 Å². The maximum absolute atomic E-state index is 3.45. The maximum Gasteiger partial charge on any atom is 0.0246 e. The SMILES string of the molecule is CNCCN(C)[C@@H]1CCCC[C@H]1NC. The Hall–Kier alpha value is -0.120. The summed E-state index contributed by atoms with van der Waals surface area (Å²) in [5.41, 5.74) is 0. The van der Waals surface area contributed by atoms with E-state index >= 15 is 0 Å². The molecule has 0 saturated heterocycles. The zero-order chi connectivity index (χ0) is 10.4. The first-order chi connectivity index (χ1) is 6.79. The first-order valence-electron chi connectivity index (χ1n) is 5.81. The molecule has 3 nitrogen and oxygen atoms in total. The van der Waals surface area contributed by atoms with E-state index in [2.05, 4.69) is 29.6 Å². The van der Waals surface area contributed by atoms with Crippen molar-refractivity contribution in [1.29, 1.82) is 0 Å². The normalized spacial score (nSPS) is 28.3. The van der Waals surface area contributed by atoms with Gasteiger partial charge in [-0.25, -0.2) is 0 Å². The third-order valence-corrected chi connectivity index (χ3v) is 3.38. The third-order valence-electron chi connectivity index (χ3n) is 3.38. The summed E-state index contributed by atoms with van der Waals surface area (Å²) in [4.78, 5) is 2.50. The summed E-state index contributed by atoms with van der Waals surface area (Å²) in [6, 6.07) is 1.44. The van der Waals surface area contributed by atoms with Crippen molar-refractivity contribution in [2.75, 3.05) is 34.2 Å².